The molecule has 0 saturated carbocycles. The molecule has 2 rings (SSSR count). The van der Waals surface area contributed by atoms with Crippen LogP contribution >= 0.6 is 11.3 Å². The lowest BCUT2D eigenvalue weighted by atomic mass is 10.2. The third kappa shape index (κ3) is 2.66. The highest BCUT2D eigenvalue weighted by atomic mass is 32.1. The molecule has 0 aliphatic heterocycles. The molecule has 0 atom stereocenters. The van der Waals surface area contributed by atoms with E-state index in [2.05, 4.69) is 0 Å². The second-order valence-electron chi connectivity index (χ2n) is 3.69. The molecule has 1 N–H and O–H groups in total. The van der Waals surface area contributed by atoms with Crippen LogP contribution in [0, 0.1) is 22.7 Å². The van der Waals surface area contributed by atoms with Gasteiger partial charge in [0.25, 0.3) is 0 Å². The number of ether oxygens (including phenoxy) is 1. The molecule has 0 aromatic carbocycles. The van der Waals surface area contributed by atoms with Gasteiger partial charge in [0.2, 0.25) is 0 Å². The fraction of sp³-hybridized carbons (Fsp3) is 0.143. The Balaban J connectivity index is 2.33. The van der Waals surface area contributed by atoms with Crippen LogP contribution in [0.5, 0.6) is 11.5 Å². The van der Waals surface area contributed by atoms with Gasteiger partial charge in [-0.3, -0.25) is 0 Å². The zero-order chi connectivity index (χ0) is 14.5. The second-order valence-corrected chi connectivity index (χ2v) is 4.57. The van der Waals surface area contributed by atoms with Crippen molar-refractivity contribution in [2.24, 2.45) is 0 Å². The van der Waals surface area contributed by atoms with Gasteiger partial charge in [-0.2, -0.15) is 10.5 Å². The highest BCUT2D eigenvalue weighted by Crippen LogP contribution is 2.43. The summed E-state index contributed by atoms with van der Waals surface area (Å²) in [7, 11) is 0. The number of nitriles is 2. The van der Waals surface area contributed by atoms with Crippen LogP contribution in [0.2, 0.25) is 0 Å². The molecule has 6 heteroatoms. The van der Waals surface area contributed by atoms with Crippen molar-refractivity contribution < 1.29 is 14.3 Å². The number of hydrogen-bond donors (Lipinski definition) is 1. The number of hydrogen-bond acceptors (Lipinski definition) is 6. The van der Waals surface area contributed by atoms with Gasteiger partial charge >= 0.3 is 0 Å². The Morgan fingerprint density at radius 1 is 1.45 bits per heavy atom. The minimum absolute atomic E-state index is 0.0301. The Hall–Kier alpha value is -2.70. The lowest BCUT2D eigenvalue weighted by Crippen LogP contribution is -1.88. The van der Waals surface area contributed by atoms with E-state index in [-0.39, 0.29) is 11.3 Å². The third-order valence-electron chi connectivity index (χ3n) is 2.41. The summed E-state index contributed by atoms with van der Waals surface area (Å²) in [5, 5.41) is 29.1. The second kappa shape index (κ2) is 5.96. The van der Waals surface area contributed by atoms with Crippen molar-refractivity contribution in [3.05, 3.63) is 28.8 Å². The quantitative estimate of drug-likeness (QED) is 0.868. The smallest absolute Gasteiger partial charge is 0.180 e. The van der Waals surface area contributed by atoms with Gasteiger partial charge in [-0.1, -0.05) is 0 Å². The van der Waals surface area contributed by atoms with E-state index >= 15 is 0 Å². The molecule has 0 unspecified atom stereocenters. The maximum atomic E-state index is 10.0. The van der Waals surface area contributed by atoms with Crippen molar-refractivity contribution in [2.75, 3.05) is 6.61 Å². The Morgan fingerprint density at radius 2 is 2.20 bits per heavy atom. The van der Waals surface area contributed by atoms with E-state index in [0.717, 1.165) is 0 Å². The van der Waals surface area contributed by atoms with Crippen LogP contribution in [0.4, 0.5) is 0 Å². The van der Waals surface area contributed by atoms with Gasteiger partial charge in [0, 0.05) is 11.5 Å². The summed E-state index contributed by atoms with van der Waals surface area (Å²) in [5.74, 6) is 1.28. The number of aromatic hydroxyl groups is 1. The molecule has 0 radical (unpaired) electrons. The predicted octanol–water partition coefficient (Wildman–Crippen LogP) is 3.54. The molecular formula is C14H10N2O3S. The highest BCUT2D eigenvalue weighted by Gasteiger charge is 2.16. The zero-order valence-corrected chi connectivity index (χ0v) is 11.4. The first kappa shape index (κ1) is 13.7. The summed E-state index contributed by atoms with van der Waals surface area (Å²) in [5.41, 5.74) is -0.0451. The normalized spacial score (nSPS) is 9.55. The van der Waals surface area contributed by atoms with E-state index in [4.69, 9.17) is 19.7 Å². The third-order valence-corrected chi connectivity index (χ3v) is 3.37. The van der Waals surface area contributed by atoms with Crippen molar-refractivity contribution in [3.63, 3.8) is 0 Å². The van der Waals surface area contributed by atoms with Gasteiger partial charge in [-0.15, -0.1) is 11.3 Å². The maximum Gasteiger partial charge on any atom is 0.180 e. The van der Waals surface area contributed by atoms with Gasteiger partial charge in [0.1, 0.15) is 34.1 Å². The monoisotopic (exact) mass is 286 g/mol. The Kier molecular flexibility index (Phi) is 4.09. The van der Waals surface area contributed by atoms with Crippen LogP contribution in [0.1, 0.15) is 12.7 Å². The summed E-state index contributed by atoms with van der Waals surface area (Å²) < 4.78 is 10.8. The Labute approximate surface area is 119 Å². The lowest BCUT2D eigenvalue weighted by Gasteiger charge is -2.00. The Morgan fingerprint density at radius 3 is 2.85 bits per heavy atom. The number of furan rings is 1. The standard InChI is InChI=1S/C14H10N2O3S/c1-2-18-12-8-20-14(13(12)17)11-4-3-10(19-11)5-9(6-15)7-16/h3-5,8,17H,2H2,1H3. The van der Waals surface area contributed by atoms with Gasteiger partial charge in [0.05, 0.1) is 6.61 Å². The minimum atomic E-state index is -0.0451. The van der Waals surface area contributed by atoms with E-state index in [9.17, 15) is 5.11 Å². The molecule has 20 heavy (non-hydrogen) atoms. The fourth-order valence-corrected chi connectivity index (χ4v) is 2.40. The molecule has 100 valence electrons. The number of thiophene rings is 1. The fourth-order valence-electron chi connectivity index (χ4n) is 1.55. The molecule has 0 saturated heterocycles. The van der Waals surface area contributed by atoms with Crippen molar-refractivity contribution >= 4 is 17.4 Å². The first-order valence-corrected chi connectivity index (χ1v) is 6.63. The average molecular weight is 286 g/mol. The van der Waals surface area contributed by atoms with Crippen LogP contribution in [0.25, 0.3) is 16.7 Å². The van der Waals surface area contributed by atoms with Crippen LogP contribution < -0.4 is 4.74 Å². The molecule has 0 amide bonds. The molecule has 0 spiro atoms. The van der Waals surface area contributed by atoms with Crippen molar-refractivity contribution in [2.45, 2.75) is 6.92 Å². The molecule has 0 aliphatic rings. The van der Waals surface area contributed by atoms with Gasteiger partial charge in [0.15, 0.2) is 11.5 Å². The summed E-state index contributed by atoms with van der Waals surface area (Å²) in [6, 6.07) is 6.80. The molecule has 2 aromatic heterocycles. The maximum absolute atomic E-state index is 10.0. The lowest BCUT2D eigenvalue weighted by molar-refractivity contribution is 0.320. The average Bonchev–Trinajstić information content (AvgIpc) is 3.04. The molecule has 0 aliphatic carbocycles. The first-order chi connectivity index (χ1) is 9.69. The van der Waals surface area contributed by atoms with Crippen LogP contribution in [-0.2, 0) is 0 Å². The van der Waals surface area contributed by atoms with Crippen molar-refractivity contribution in [1.82, 2.24) is 0 Å². The Bertz CT molecular complexity index is 712. The number of rotatable bonds is 4. The van der Waals surface area contributed by atoms with Gasteiger partial charge in [-0.25, -0.2) is 0 Å². The van der Waals surface area contributed by atoms with Crippen molar-refractivity contribution in [1.29, 1.82) is 10.5 Å². The summed E-state index contributed by atoms with van der Waals surface area (Å²) >= 11 is 1.29. The number of allylic oxidation sites excluding steroid dienone is 1. The summed E-state index contributed by atoms with van der Waals surface area (Å²) in [6.07, 6.45) is 1.34. The van der Waals surface area contributed by atoms with E-state index in [0.29, 0.717) is 28.8 Å². The molecule has 5 nitrogen and oxygen atoms in total. The van der Waals surface area contributed by atoms with E-state index < -0.39 is 0 Å². The van der Waals surface area contributed by atoms with Crippen molar-refractivity contribution in [3.8, 4) is 34.3 Å². The van der Waals surface area contributed by atoms with Crippen LogP contribution in [0.15, 0.2) is 27.5 Å². The zero-order valence-electron chi connectivity index (χ0n) is 10.6. The predicted molar refractivity (Wildman–Crippen MR) is 74.1 cm³/mol. The summed E-state index contributed by atoms with van der Waals surface area (Å²) in [6.45, 7) is 2.29. The SMILES string of the molecule is CCOc1csc(-c2ccc(C=C(C#N)C#N)o2)c1O. The molecular weight excluding hydrogens is 276 g/mol. The van der Waals surface area contributed by atoms with E-state index in [1.807, 2.05) is 6.92 Å². The minimum Gasteiger partial charge on any atom is -0.503 e. The van der Waals surface area contributed by atoms with Crippen LogP contribution in [0.3, 0.4) is 0 Å². The molecule has 0 fully saturated rings. The molecule has 2 heterocycles. The van der Waals surface area contributed by atoms with E-state index in [1.165, 1.54) is 17.4 Å². The van der Waals surface area contributed by atoms with Gasteiger partial charge < -0.3 is 14.3 Å². The number of nitrogens with zero attached hydrogens (tertiary/aromatic N) is 2. The molecule has 2 aromatic rings. The van der Waals surface area contributed by atoms with E-state index in [1.54, 1.807) is 29.7 Å². The molecule has 0 bridgehead atoms. The van der Waals surface area contributed by atoms with Crippen LogP contribution in [-0.4, -0.2) is 11.7 Å². The highest BCUT2D eigenvalue weighted by molar-refractivity contribution is 7.14. The summed E-state index contributed by atoms with van der Waals surface area (Å²) in [4.78, 5) is 0.545. The largest absolute Gasteiger partial charge is 0.503 e. The van der Waals surface area contributed by atoms with Gasteiger partial charge in [-0.05, 0) is 19.1 Å². The first-order valence-electron chi connectivity index (χ1n) is 5.75. The topological polar surface area (TPSA) is 90.2 Å².